The average molecular weight is 472 g/mol. The van der Waals surface area contributed by atoms with Crippen LogP contribution in [0, 0.1) is 16.0 Å². The molecule has 0 radical (unpaired) electrons. The maximum Gasteiger partial charge on any atom is 0.270 e. The Morgan fingerprint density at radius 2 is 1.88 bits per heavy atom. The van der Waals surface area contributed by atoms with Crippen molar-refractivity contribution >= 4 is 38.0 Å². The summed E-state index contributed by atoms with van der Waals surface area (Å²) in [6.45, 7) is 4.16. The van der Waals surface area contributed by atoms with Crippen LogP contribution >= 0.6 is 0 Å². The van der Waals surface area contributed by atoms with Crippen LogP contribution in [0.25, 0.3) is 10.9 Å². The van der Waals surface area contributed by atoms with E-state index in [1.807, 2.05) is 26.0 Å². The minimum absolute atomic E-state index is 0.0293. The first-order valence-electron chi connectivity index (χ1n) is 10.6. The van der Waals surface area contributed by atoms with Gasteiger partial charge in [-0.1, -0.05) is 25.1 Å². The zero-order valence-electron chi connectivity index (χ0n) is 18.5. The summed E-state index contributed by atoms with van der Waals surface area (Å²) < 4.78 is 30.1. The predicted molar refractivity (Wildman–Crippen MR) is 124 cm³/mol. The Morgan fingerprint density at radius 1 is 1.15 bits per heavy atom. The van der Waals surface area contributed by atoms with E-state index in [4.69, 9.17) is 0 Å². The van der Waals surface area contributed by atoms with Crippen molar-refractivity contribution in [2.45, 2.75) is 37.6 Å². The second-order valence-electron chi connectivity index (χ2n) is 8.33. The van der Waals surface area contributed by atoms with Crippen LogP contribution in [0.15, 0.2) is 57.6 Å². The molecule has 0 aliphatic carbocycles. The number of nitro benzene ring substituents is 1. The topological polar surface area (TPSA) is 130 Å². The Labute approximate surface area is 191 Å². The Morgan fingerprint density at radius 3 is 2.61 bits per heavy atom. The van der Waals surface area contributed by atoms with Crippen LogP contribution in [-0.2, 0) is 17.1 Å². The highest BCUT2D eigenvalue weighted by molar-refractivity contribution is 7.89. The number of piperidine rings is 1. The van der Waals surface area contributed by atoms with Gasteiger partial charge in [-0.3, -0.25) is 10.1 Å². The number of hydrogen-bond donors (Lipinski definition) is 1. The Hall–Kier alpha value is -3.31. The van der Waals surface area contributed by atoms with E-state index in [2.05, 4.69) is 10.2 Å². The Bertz CT molecular complexity index is 1360. The third-order valence-corrected chi connectivity index (χ3v) is 8.38. The number of aryl methyl sites for hydroxylation is 1. The summed E-state index contributed by atoms with van der Waals surface area (Å²) in [5.74, 6) is 0.0367. The van der Waals surface area contributed by atoms with Gasteiger partial charge in [0.15, 0.2) is 5.69 Å². The van der Waals surface area contributed by atoms with Crippen molar-refractivity contribution in [3.63, 3.8) is 0 Å². The number of aromatic hydroxyl groups is 1. The summed E-state index contributed by atoms with van der Waals surface area (Å²) in [4.78, 5) is 10.4. The van der Waals surface area contributed by atoms with E-state index < -0.39 is 14.9 Å². The third kappa shape index (κ3) is 3.98. The molecule has 1 aromatic heterocycles. The van der Waals surface area contributed by atoms with Gasteiger partial charge in [-0.15, -0.1) is 10.2 Å². The monoisotopic (exact) mass is 471 g/mol. The lowest BCUT2D eigenvalue weighted by molar-refractivity contribution is -0.385. The molecule has 0 bridgehead atoms. The molecule has 10 nitrogen and oxygen atoms in total. The normalized spacial score (nSPS) is 20.0. The van der Waals surface area contributed by atoms with Crippen LogP contribution < -0.4 is 0 Å². The SMILES string of the molecule is C[C@@H]1CCCN(S(=O)(=O)c2cc([N+](=O)[O-])ccc2N=Nc2c(O)n(C)c3ccccc23)[C@H]1C. The molecule has 33 heavy (non-hydrogen) atoms. The molecule has 2 aromatic carbocycles. The van der Waals surface area contributed by atoms with Gasteiger partial charge < -0.3 is 9.67 Å². The standard InChI is InChI=1S/C22H25N5O5S/c1-14-7-6-12-26(15(14)2)33(31,32)20-13-16(27(29)30)10-11-18(20)23-24-21-17-8-4-5-9-19(17)25(3)22(21)28/h4-5,8-11,13-15,28H,6-7,12H2,1-3H3/t14-,15+/m1/s1. The molecule has 0 spiro atoms. The first-order chi connectivity index (χ1) is 15.6. The number of fused-ring (bicyclic) bond motifs is 1. The fourth-order valence-electron chi connectivity index (χ4n) is 4.23. The van der Waals surface area contributed by atoms with Crippen molar-refractivity contribution in [3.05, 3.63) is 52.6 Å². The van der Waals surface area contributed by atoms with E-state index in [0.29, 0.717) is 18.4 Å². The number of nitrogens with zero attached hydrogens (tertiary/aromatic N) is 5. The number of non-ortho nitro benzene ring substituents is 1. The minimum Gasteiger partial charge on any atom is -0.493 e. The number of hydrogen-bond acceptors (Lipinski definition) is 7. The van der Waals surface area contributed by atoms with Crippen molar-refractivity contribution < 1.29 is 18.4 Å². The van der Waals surface area contributed by atoms with Crippen LogP contribution in [0.2, 0.25) is 0 Å². The van der Waals surface area contributed by atoms with Crippen LogP contribution in [0.3, 0.4) is 0 Å². The lowest BCUT2D eigenvalue weighted by atomic mass is 9.94. The molecule has 2 atom stereocenters. The first kappa shape index (κ1) is 22.9. The molecular formula is C22H25N5O5S. The molecule has 0 unspecified atom stereocenters. The summed E-state index contributed by atoms with van der Waals surface area (Å²) in [5.41, 5.74) is 0.544. The summed E-state index contributed by atoms with van der Waals surface area (Å²) in [7, 11) is -2.40. The number of azo groups is 1. The summed E-state index contributed by atoms with van der Waals surface area (Å²) >= 11 is 0. The lowest BCUT2D eigenvalue weighted by Gasteiger charge is -2.36. The highest BCUT2D eigenvalue weighted by atomic mass is 32.2. The Balaban J connectivity index is 1.84. The van der Waals surface area contributed by atoms with E-state index in [9.17, 15) is 23.6 Å². The molecule has 11 heteroatoms. The van der Waals surface area contributed by atoms with Gasteiger partial charge in [-0.25, -0.2) is 8.42 Å². The van der Waals surface area contributed by atoms with E-state index in [1.54, 1.807) is 23.7 Å². The van der Waals surface area contributed by atoms with Gasteiger partial charge in [0.1, 0.15) is 10.6 Å². The lowest BCUT2D eigenvalue weighted by Crippen LogP contribution is -2.45. The number of nitro groups is 1. The van der Waals surface area contributed by atoms with Gasteiger partial charge >= 0.3 is 0 Å². The molecule has 174 valence electrons. The molecule has 1 aliphatic heterocycles. The van der Waals surface area contributed by atoms with Gasteiger partial charge in [0, 0.05) is 37.2 Å². The van der Waals surface area contributed by atoms with Gasteiger partial charge in [-0.05, 0) is 37.8 Å². The molecular weight excluding hydrogens is 446 g/mol. The zero-order chi connectivity index (χ0) is 23.9. The molecule has 1 saturated heterocycles. The van der Waals surface area contributed by atoms with Gasteiger partial charge in [0.25, 0.3) is 5.69 Å². The largest absolute Gasteiger partial charge is 0.493 e. The summed E-state index contributed by atoms with van der Waals surface area (Å²) in [6.07, 6.45) is 1.62. The molecule has 3 aromatic rings. The van der Waals surface area contributed by atoms with Gasteiger partial charge in [-0.2, -0.15) is 4.31 Å². The van der Waals surface area contributed by atoms with Crippen molar-refractivity contribution in [1.29, 1.82) is 0 Å². The molecule has 1 N–H and O–H groups in total. The molecule has 1 aliphatic rings. The molecule has 0 saturated carbocycles. The predicted octanol–water partition coefficient (Wildman–Crippen LogP) is 5.02. The smallest absolute Gasteiger partial charge is 0.270 e. The molecule has 2 heterocycles. The quantitative estimate of drug-likeness (QED) is 0.317. The van der Waals surface area contributed by atoms with Gasteiger partial charge in [0.05, 0.1) is 10.4 Å². The zero-order valence-corrected chi connectivity index (χ0v) is 19.4. The molecule has 0 amide bonds. The van der Waals surface area contributed by atoms with Crippen molar-refractivity contribution in [2.24, 2.45) is 23.2 Å². The van der Waals surface area contributed by atoms with Crippen LogP contribution in [0.1, 0.15) is 26.7 Å². The summed E-state index contributed by atoms with van der Waals surface area (Å²) in [5, 5.41) is 30.8. The van der Waals surface area contributed by atoms with E-state index in [0.717, 1.165) is 18.0 Å². The number of sulfonamides is 1. The number of rotatable bonds is 5. The van der Waals surface area contributed by atoms with Crippen LogP contribution in [-0.4, -0.2) is 39.9 Å². The fourth-order valence-corrected chi connectivity index (χ4v) is 6.14. The Kier molecular flexibility index (Phi) is 5.93. The molecule has 4 rings (SSSR count). The maximum atomic E-state index is 13.6. The second-order valence-corrected chi connectivity index (χ2v) is 10.2. The third-order valence-electron chi connectivity index (χ3n) is 6.36. The van der Waals surface area contributed by atoms with E-state index >= 15 is 0 Å². The summed E-state index contributed by atoms with van der Waals surface area (Å²) in [6, 6.07) is 10.4. The average Bonchev–Trinajstić information content (AvgIpc) is 3.03. The number of benzene rings is 2. The van der Waals surface area contributed by atoms with E-state index in [-0.39, 0.29) is 39.8 Å². The van der Waals surface area contributed by atoms with Crippen LogP contribution in [0.4, 0.5) is 17.1 Å². The van der Waals surface area contributed by atoms with Crippen molar-refractivity contribution in [2.75, 3.05) is 6.54 Å². The van der Waals surface area contributed by atoms with Gasteiger partial charge in [0.2, 0.25) is 15.9 Å². The number of aromatic nitrogens is 1. The highest BCUT2D eigenvalue weighted by Gasteiger charge is 2.36. The molecule has 1 fully saturated rings. The number of para-hydroxylation sites is 1. The van der Waals surface area contributed by atoms with E-state index in [1.165, 1.54) is 16.4 Å². The first-order valence-corrected chi connectivity index (χ1v) is 12.1. The second kappa shape index (κ2) is 8.56. The van der Waals surface area contributed by atoms with Crippen molar-refractivity contribution in [1.82, 2.24) is 8.87 Å². The minimum atomic E-state index is -4.08. The maximum absolute atomic E-state index is 13.6. The highest BCUT2D eigenvalue weighted by Crippen LogP contribution is 2.40. The fraction of sp³-hybridized carbons (Fsp3) is 0.364. The van der Waals surface area contributed by atoms with Crippen molar-refractivity contribution in [3.8, 4) is 5.88 Å². The van der Waals surface area contributed by atoms with Crippen LogP contribution in [0.5, 0.6) is 5.88 Å².